The molecule has 0 radical (unpaired) electrons. The third-order valence-electron chi connectivity index (χ3n) is 3.23. The Bertz CT molecular complexity index is 536. The molecule has 4 nitrogen and oxygen atoms in total. The fourth-order valence-electron chi connectivity index (χ4n) is 2.18. The van der Waals surface area contributed by atoms with E-state index in [1.807, 2.05) is 19.1 Å². The number of hydrogen-bond donors (Lipinski definition) is 0. The quantitative estimate of drug-likeness (QED) is 0.829. The lowest BCUT2D eigenvalue weighted by Gasteiger charge is -2.34. The summed E-state index contributed by atoms with van der Waals surface area (Å²) in [6.07, 6.45) is 0.859. The molecule has 0 N–H and O–H groups in total. The maximum atomic E-state index is 12.1. The van der Waals surface area contributed by atoms with Gasteiger partial charge >= 0.3 is 0 Å². The molecule has 0 bridgehead atoms. The zero-order valence-electron chi connectivity index (χ0n) is 11.2. The van der Waals surface area contributed by atoms with Crippen LogP contribution in [0.5, 0.6) is 0 Å². The normalized spacial score (nSPS) is 15.9. The number of carbonyl (C=O) groups is 2. The summed E-state index contributed by atoms with van der Waals surface area (Å²) < 4.78 is 0.890. The van der Waals surface area contributed by atoms with Gasteiger partial charge < -0.3 is 9.80 Å². The molecule has 0 unspecified atom stereocenters. The van der Waals surface area contributed by atoms with Crippen LogP contribution in [0.2, 0.25) is 5.02 Å². The van der Waals surface area contributed by atoms with Crippen LogP contribution in [0.4, 0.5) is 0 Å². The van der Waals surface area contributed by atoms with Crippen LogP contribution in [-0.2, 0) is 16.1 Å². The number of piperazine rings is 1. The van der Waals surface area contributed by atoms with Crippen LogP contribution in [0.25, 0.3) is 0 Å². The van der Waals surface area contributed by atoms with E-state index >= 15 is 0 Å². The van der Waals surface area contributed by atoms with Gasteiger partial charge in [0, 0.05) is 22.6 Å². The number of carbonyl (C=O) groups excluding carboxylic acids is 2. The molecule has 1 aromatic carbocycles. The molecule has 20 heavy (non-hydrogen) atoms. The maximum Gasteiger partial charge on any atom is 0.242 e. The van der Waals surface area contributed by atoms with Gasteiger partial charge in [-0.25, -0.2) is 0 Å². The van der Waals surface area contributed by atoms with Crippen molar-refractivity contribution >= 4 is 39.3 Å². The van der Waals surface area contributed by atoms with Crippen molar-refractivity contribution in [1.82, 2.24) is 9.80 Å². The predicted octanol–water partition coefficient (Wildman–Crippen LogP) is 2.68. The van der Waals surface area contributed by atoms with E-state index < -0.39 is 0 Å². The summed E-state index contributed by atoms with van der Waals surface area (Å²) in [5, 5.41) is 0.593. The minimum atomic E-state index is -0.0305. The second kappa shape index (κ2) is 6.59. The van der Waals surface area contributed by atoms with Crippen LogP contribution < -0.4 is 0 Å². The summed E-state index contributed by atoms with van der Waals surface area (Å²) in [5.74, 6) is -0.0308. The van der Waals surface area contributed by atoms with Crippen molar-refractivity contribution in [3.05, 3.63) is 33.3 Å². The molecule has 0 spiro atoms. The molecule has 1 aromatic rings. The smallest absolute Gasteiger partial charge is 0.242 e. The van der Waals surface area contributed by atoms with Gasteiger partial charge in [0.25, 0.3) is 0 Å². The predicted molar refractivity (Wildman–Crippen MR) is 81.4 cm³/mol. The highest BCUT2D eigenvalue weighted by molar-refractivity contribution is 9.10. The number of hydrogen-bond acceptors (Lipinski definition) is 2. The molecule has 1 heterocycles. The molecule has 2 amide bonds. The van der Waals surface area contributed by atoms with Gasteiger partial charge in [-0.2, -0.15) is 0 Å². The van der Waals surface area contributed by atoms with Crippen LogP contribution >= 0.6 is 27.5 Å². The minimum absolute atomic E-state index is 0.000292. The van der Waals surface area contributed by atoms with Crippen LogP contribution in [0.1, 0.15) is 18.9 Å². The van der Waals surface area contributed by atoms with Gasteiger partial charge in [0.15, 0.2) is 0 Å². The third kappa shape index (κ3) is 3.52. The Morgan fingerprint density at radius 1 is 1.20 bits per heavy atom. The Hall–Kier alpha value is -1.07. The van der Waals surface area contributed by atoms with E-state index in [9.17, 15) is 9.59 Å². The number of nitrogens with zero attached hydrogens (tertiary/aromatic N) is 2. The first kappa shape index (κ1) is 15.3. The lowest BCUT2D eigenvalue weighted by Crippen LogP contribution is -2.53. The van der Waals surface area contributed by atoms with Crippen molar-refractivity contribution in [3.8, 4) is 0 Å². The lowest BCUT2D eigenvalue weighted by molar-refractivity contribution is -0.150. The number of halogens is 2. The molecule has 108 valence electrons. The molecule has 0 aromatic heterocycles. The second-order valence-corrected chi connectivity index (χ2v) is 6.12. The van der Waals surface area contributed by atoms with E-state index in [1.54, 1.807) is 15.9 Å². The number of rotatable bonds is 4. The first-order chi connectivity index (χ1) is 9.51. The van der Waals surface area contributed by atoms with Crippen molar-refractivity contribution in [2.24, 2.45) is 0 Å². The van der Waals surface area contributed by atoms with Gasteiger partial charge in [-0.05, 0) is 24.1 Å². The van der Waals surface area contributed by atoms with Crippen molar-refractivity contribution in [2.75, 3.05) is 19.6 Å². The van der Waals surface area contributed by atoms with Crippen LogP contribution in [0.3, 0.4) is 0 Å². The fourth-order valence-corrected chi connectivity index (χ4v) is 2.91. The van der Waals surface area contributed by atoms with E-state index in [-0.39, 0.29) is 24.9 Å². The average molecular weight is 360 g/mol. The molecule has 1 aliphatic heterocycles. The highest BCUT2D eigenvalue weighted by atomic mass is 79.9. The van der Waals surface area contributed by atoms with Gasteiger partial charge in [0.2, 0.25) is 11.8 Å². The largest absolute Gasteiger partial charge is 0.332 e. The molecule has 2 rings (SSSR count). The highest BCUT2D eigenvalue weighted by Crippen LogP contribution is 2.23. The molecule has 6 heteroatoms. The Labute approximate surface area is 131 Å². The first-order valence-corrected chi connectivity index (χ1v) is 7.68. The first-order valence-electron chi connectivity index (χ1n) is 6.50. The number of amides is 2. The zero-order valence-corrected chi connectivity index (χ0v) is 13.6. The summed E-state index contributed by atoms with van der Waals surface area (Å²) in [6.45, 7) is 3.30. The SMILES string of the molecule is CCCN1CC(=O)N(Cc2ccc(Br)cc2Cl)CC1=O. The Morgan fingerprint density at radius 2 is 1.85 bits per heavy atom. The molecular weight excluding hydrogens is 344 g/mol. The maximum absolute atomic E-state index is 12.1. The molecule has 0 saturated carbocycles. The van der Waals surface area contributed by atoms with Gasteiger partial charge in [-0.1, -0.05) is 40.5 Å². The third-order valence-corrected chi connectivity index (χ3v) is 4.07. The van der Waals surface area contributed by atoms with Crippen LogP contribution in [0.15, 0.2) is 22.7 Å². The molecule has 1 saturated heterocycles. The van der Waals surface area contributed by atoms with Gasteiger partial charge in [0.1, 0.15) is 6.54 Å². The second-order valence-electron chi connectivity index (χ2n) is 4.80. The van der Waals surface area contributed by atoms with Crippen molar-refractivity contribution in [1.29, 1.82) is 0 Å². The van der Waals surface area contributed by atoms with Crippen molar-refractivity contribution in [2.45, 2.75) is 19.9 Å². The fraction of sp³-hybridized carbons (Fsp3) is 0.429. The summed E-state index contributed by atoms with van der Waals surface area (Å²) in [6, 6.07) is 5.53. The lowest BCUT2D eigenvalue weighted by atomic mass is 10.2. The zero-order chi connectivity index (χ0) is 14.7. The standard InChI is InChI=1S/C14H16BrClN2O2/c1-2-5-17-8-14(20)18(9-13(17)19)7-10-3-4-11(15)6-12(10)16/h3-4,6H,2,5,7-9H2,1H3. The van der Waals surface area contributed by atoms with Gasteiger partial charge in [0.05, 0.1) is 6.54 Å². The molecule has 1 fully saturated rings. The average Bonchev–Trinajstić information content (AvgIpc) is 2.38. The van der Waals surface area contributed by atoms with Gasteiger partial charge in [-0.15, -0.1) is 0 Å². The van der Waals surface area contributed by atoms with Gasteiger partial charge in [-0.3, -0.25) is 9.59 Å². The highest BCUT2D eigenvalue weighted by Gasteiger charge is 2.29. The molecule has 1 aliphatic rings. The number of benzene rings is 1. The summed E-state index contributed by atoms with van der Waals surface area (Å²) >= 11 is 9.49. The Kier molecular flexibility index (Phi) is 5.05. The van der Waals surface area contributed by atoms with Crippen LogP contribution in [-0.4, -0.2) is 41.2 Å². The molecule has 0 atom stereocenters. The van der Waals surface area contributed by atoms with Crippen LogP contribution in [0, 0.1) is 0 Å². The van der Waals surface area contributed by atoms with Crippen molar-refractivity contribution < 1.29 is 9.59 Å². The molecular formula is C14H16BrClN2O2. The summed E-state index contributed by atoms with van der Waals surface area (Å²) in [4.78, 5) is 27.2. The van der Waals surface area contributed by atoms with E-state index in [0.29, 0.717) is 18.1 Å². The Morgan fingerprint density at radius 3 is 2.50 bits per heavy atom. The minimum Gasteiger partial charge on any atom is -0.332 e. The molecule has 0 aliphatic carbocycles. The topological polar surface area (TPSA) is 40.6 Å². The van der Waals surface area contributed by atoms with E-state index in [2.05, 4.69) is 15.9 Å². The Balaban J connectivity index is 2.07. The summed E-state index contributed by atoms with van der Waals surface area (Å²) in [5.41, 5.74) is 0.847. The van der Waals surface area contributed by atoms with Crippen molar-refractivity contribution in [3.63, 3.8) is 0 Å². The monoisotopic (exact) mass is 358 g/mol. The van der Waals surface area contributed by atoms with E-state index in [1.165, 1.54) is 0 Å². The van der Waals surface area contributed by atoms with E-state index in [0.717, 1.165) is 16.5 Å². The van der Waals surface area contributed by atoms with E-state index in [4.69, 9.17) is 11.6 Å². The summed E-state index contributed by atoms with van der Waals surface area (Å²) in [7, 11) is 0.